The SMILES string of the molecule is Cc1cc(CN2CCN(c3ccc4c(=O)n(CC5CC5)cnc4c3)CC2)on1. The molecule has 0 amide bonds. The Bertz CT molecular complexity index is 1040. The molecule has 0 N–H and O–H groups in total. The van der Waals surface area contributed by atoms with E-state index in [1.54, 1.807) is 10.9 Å². The molecule has 1 aromatic carbocycles. The van der Waals surface area contributed by atoms with Crippen molar-refractivity contribution in [1.29, 1.82) is 0 Å². The average Bonchev–Trinajstić information content (AvgIpc) is 3.44. The Kier molecular flexibility index (Phi) is 4.39. The molecule has 28 heavy (non-hydrogen) atoms. The van der Waals surface area contributed by atoms with Crippen LogP contribution in [0.25, 0.3) is 10.9 Å². The maximum Gasteiger partial charge on any atom is 0.261 e. The summed E-state index contributed by atoms with van der Waals surface area (Å²) in [6.45, 7) is 7.36. The standard InChI is InChI=1S/C21H25N5O2/c1-15-10-18(28-23-15)13-24-6-8-25(9-7-24)17-4-5-19-20(11-17)22-14-26(21(19)27)12-16-2-3-16/h4-5,10-11,14,16H,2-3,6-9,12-13H2,1H3. The van der Waals surface area contributed by atoms with Crippen LogP contribution in [0.1, 0.15) is 24.3 Å². The van der Waals surface area contributed by atoms with Crippen LogP contribution in [-0.4, -0.2) is 45.8 Å². The van der Waals surface area contributed by atoms with Crippen molar-refractivity contribution in [3.8, 4) is 0 Å². The van der Waals surface area contributed by atoms with Crippen LogP contribution in [0.3, 0.4) is 0 Å². The topological polar surface area (TPSA) is 67.4 Å². The van der Waals surface area contributed by atoms with Crippen LogP contribution in [-0.2, 0) is 13.1 Å². The summed E-state index contributed by atoms with van der Waals surface area (Å²) in [6, 6.07) is 8.04. The summed E-state index contributed by atoms with van der Waals surface area (Å²) in [5, 5.41) is 4.67. The van der Waals surface area contributed by atoms with E-state index < -0.39 is 0 Å². The zero-order chi connectivity index (χ0) is 19.1. The number of benzene rings is 1. The van der Waals surface area contributed by atoms with Gasteiger partial charge < -0.3 is 9.42 Å². The van der Waals surface area contributed by atoms with Gasteiger partial charge in [0.05, 0.1) is 29.5 Å². The zero-order valence-electron chi connectivity index (χ0n) is 16.2. The Labute approximate surface area is 163 Å². The highest BCUT2D eigenvalue weighted by atomic mass is 16.5. The summed E-state index contributed by atoms with van der Waals surface area (Å²) in [5.74, 6) is 1.58. The third-order valence-corrected chi connectivity index (χ3v) is 5.75. The maximum atomic E-state index is 12.7. The number of rotatable bonds is 5. The van der Waals surface area contributed by atoms with Gasteiger partial charge in [0, 0.05) is 44.5 Å². The quantitative estimate of drug-likeness (QED) is 0.678. The molecule has 3 aromatic rings. The molecule has 1 aliphatic heterocycles. The van der Waals surface area contributed by atoms with Gasteiger partial charge in [0.2, 0.25) is 0 Å². The Morgan fingerprint density at radius 1 is 1.14 bits per heavy atom. The average molecular weight is 379 g/mol. The number of anilines is 1. The zero-order valence-corrected chi connectivity index (χ0v) is 16.2. The van der Waals surface area contributed by atoms with E-state index in [1.807, 2.05) is 25.1 Å². The summed E-state index contributed by atoms with van der Waals surface area (Å²) in [5.41, 5.74) is 2.92. The van der Waals surface area contributed by atoms with Crippen molar-refractivity contribution in [3.63, 3.8) is 0 Å². The number of aryl methyl sites for hydroxylation is 1. The van der Waals surface area contributed by atoms with Gasteiger partial charge in [-0.25, -0.2) is 4.98 Å². The fourth-order valence-corrected chi connectivity index (χ4v) is 3.93. The third kappa shape index (κ3) is 3.54. The van der Waals surface area contributed by atoms with Crippen molar-refractivity contribution in [2.24, 2.45) is 5.92 Å². The van der Waals surface area contributed by atoms with E-state index in [0.717, 1.165) is 61.9 Å². The van der Waals surface area contributed by atoms with Gasteiger partial charge in [0.25, 0.3) is 5.56 Å². The van der Waals surface area contributed by atoms with E-state index in [1.165, 1.54) is 12.8 Å². The summed E-state index contributed by atoms with van der Waals surface area (Å²) >= 11 is 0. The number of aromatic nitrogens is 3. The third-order valence-electron chi connectivity index (χ3n) is 5.75. The van der Waals surface area contributed by atoms with Gasteiger partial charge in [-0.3, -0.25) is 14.3 Å². The van der Waals surface area contributed by atoms with Crippen molar-refractivity contribution >= 4 is 16.6 Å². The first-order valence-electron chi connectivity index (χ1n) is 10.0. The van der Waals surface area contributed by atoms with E-state index in [0.29, 0.717) is 11.3 Å². The number of hydrogen-bond acceptors (Lipinski definition) is 6. The lowest BCUT2D eigenvalue weighted by Crippen LogP contribution is -2.45. The molecular weight excluding hydrogens is 354 g/mol. The van der Waals surface area contributed by atoms with Crippen LogP contribution >= 0.6 is 0 Å². The molecule has 2 aliphatic rings. The minimum absolute atomic E-state index is 0.0793. The maximum absolute atomic E-state index is 12.7. The molecule has 7 heteroatoms. The van der Waals surface area contributed by atoms with Crippen molar-refractivity contribution < 1.29 is 4.52 Å². The fourth-order valence-electron chi connectivity index (χ4n) is 3.93. The molecule has 0 radical (unpaired) electrons. The number of hydrogen-bond donors (Lipinski definition) is 0. The van der Waals surface area contributed by atoms with Crippen molar-refractivity contribution in [2.45, 2.75) is 32.9 Å². The van der Waals surface area contributed by atoms with Gasteiger partial charge in [-0.05, 0) is 43.9 Å². The van der Waals surface area contributed by atoms with Gasteiger partial charge in [-0.15, -0.1) is 0 Å². The second kappa shape index (κ2) is 7.05. The van der Waals surface area contributed by atoms with E-state index >= 15 is 0 Å². The molecule has 1 aliphatic carbocycles. The Balaban J connectivity index is 1.28. The van der Waals surface area contributed by atoms with Crippen LogP contribution < -0.4 is 10.5 Å². The lowest BCUT2D eigenvalue weighted by molar-refractivity contribution is 0.219. The molecule has 0 unspecified atom stereocenters. The van der Waals surface area contributed by atoms with Crippen molar-refractivity contribution in [3.05, 3.63) is 52.4 Å². The molecule has 1 saturated carbocycles. The lowest BCUT2D eigenvalue weighted by Gasteiger charge is -2.35. The van der Waals surface area contributed by atoms with Crippen LogP contribution in [0.5, 0.6) is 0 Å². The van der Waals surface area contributed by atoms with Gasteiger partial charge in [0.1, 0.15) is 0 Å². The number of nitrogens with zero attached hydrogens (tertiary/aromatic N) is 5. The van der Waals surface area contributed by atoms with Crippen LogP contribution in [0.4, 0.5) is 5.69 Å². The number of fused-ring (bicyclic) bond motifs is 1. The van der Waals surface area contributed by atoms with Gasteiger partial charge in [-0.2, -0.15) is 0 Å². The first kappa shape index (κ1) is 17.4. The van der Waals surface area contributed by atoms with Crippen molar-refractivity contribution in [2.75, 3.05) is 31.1 Å². The largest absolute Gasteiger partial charge is 0.369 e. The molecule has 7 nitrogen and oxygen atoms in total. The smallest absolute Gasteiger partial charge is 0.261 e. The normalized spacial score (nSPS) is 18.1. The van der Waals surface area contributed by atoms with E-state index in [4.69, 9.17) is 4.52 Å². The molecular formula is C21H25N5O2. The Morgan fingerprint density at radius 2 is 1.96 bits per heavy atom. The monoisotopic (exact) mass is 379 g/mol. The summed E-state index contributed by atoms with van der Waals surface area (Å²) < 4.78 is 7.10. The molecule has 0 bridgehead atoms. The second-order valence-electron chi connectivity index (χ2n) is 8.04. The highest BCUT2D eigenvalue weighted by molar-refractivity contribution is 5.81. The molecule has 0 atom stereocenters. The van der Waals surface area contributed by atoms with Crippen LogP contribution in [0.15, 0.2) is 39.9 Å². The molecule has 0 spiro atoms. The summed E-state index contributed by atoms with van der Waals surface area (Å²) in [7, 11) is 0. The highest BCUT2D eigenvalue weighted by Crippen LogP contribution is 2.30. The van der Waals surface area contributed by atoms with E-state index in [-0.39, 0.29) is 5.56 Å². The van der Waals surface area contributed by atoms with Crippen LogP contribution in [0.2, 0.25) is 0 Å². The minimum atomic E-state index is 0.0793. The highest BCUT2D eigenvalue weighted by Gasteiger charge is 2.23. The molecule has 2 aromatic heterocycles. The predicted molar refractivity (Wildman–Crippen MR) is 107 cm³/mol. The molecule has 146 valence electrons. The Morgan fingerprint density at radius 3 is 2.68 bits per heavy atom. The van der Waals surface area contributed by atoms with Crippen molar-refractivity contribution in [1.82, 2.24) is 19.6 Å². The molecule has 3 heterocycles. The Hall–Kier alpha value is -2.67. The molecule has 2 fully saturated rings. The van der Waals surface area contributed by atoms with E-state index in [9.17, 15) is 4.79 Å². The summed E-state index contributed by atoms with van der Waals surface area (Å²) in [6.07, 6.45) is 4.17. The van der Waals surface area contributed by atoms with E-state index in [2.05, 4.69) is 26.0 Å². The van der Waals surface area contributed by atoms with Gasteiger partial charge >= 0.3 is 0 Å². The predicted octanol–water partition coefficient (Wildman–Crippen LogP) is 2.43. The molecule has 1 saturated heterocycles. The van der Waals surface area contributed by atoms with Gasteiger partial charge in [-0.1, -0.05) is 5.16 Å². The first-order valence-corrected chi connectivity index (χ1v) is 10.0. The first-order chi connectivity index (χ1) is 13.7. The number of piperazine rings is 1. The van der Waals surface area contributed by atoms with Crippen LogP contribution in [0, 0.1) is 12.8 Å². The molecule has 5 rings (SSSR count). The fraction of sp³-hybridized carbons (Fsp3) is 0.476. The second-order valence-corrected chi connectivity index (χ2v) is 8.04. The summed E-state index contributed by atoms with van der Waals surface area (Å²) in [4.78, 5) is 22.0. The lowest BCUT2D eigenvalue weighted by atomic mass is 10.2. The minimum Gasteiger partial charge on any atom is -0.369 e. The van der Waals surface area contributed by atoms with Gasteiger partial charge in [0.15, 0.2) is 5.76 Å².